The molecule has 0 radical (unpaired) electrons. The summed E-state index contributed by atoms with van der Waals surface area (Å²) in [7, 11) is 0. The number of aryl methyl sites for hydroxylation is 1. The van der Waals surface area contributed by atoms with E-state index in [1.807, 2.05) is 48.3 Å². The predicted octanol–water partition coefficient (Wildman–Crippen LogP) is 6.81. The van der Waals surface area contributed by atoms with Gasteiger partial charge >= 0.3 is 0 Å². The van der Waals surface area contributed by atoms with Crippen LogP contribution in [-0.4, -0.2) is 29.0 Å². The monoisotopic (exact) mass is 473 g/mol. The Hall–Kier alpha value is -2.11. The first-order valence-corrected chi connectivity index (χ1v) is 11.3. The van der Waals surface area contributed by atoms with Crippen molar-refractivity contribution in [2.45, 2.75) is 26.2 Å². The topological polar surface area (TPSA) is 45.2 Å². The van der Waals surface area contributed by atoms with Crippen molar-refractivity contribution in [3.63, 3.8) is 0 Å². The molecule has 1 aliphatic heterocycles. The lowest BCUT2D eigenvalue weighted by Gasteiger charge is -2.27. The molecule has 31 heavy (non-hydrogen) atoms. The summed E-state index contributed by atoms with van der Waals surface area (Å²) in [6, 6.07) is 14.6. The third kappa shape index (κ3) is 5.04. The molecule has 160 valence electrons. The van der Waals surface area contributed by atoms with E-state index in [0.29, 0.717) is 26.3 Å². The molecule has 0 aliphatic carbocycles. The normalized spacial score (nSPS) is 14.5. The number of hydrogen-bond acceptors (Lipinski definition) is 3. The molecule has 4 nitrogen and oxygen atoms in total. The lowest BCUT2D eigenvalue weighted by Crippen LogP contribution is -2.45. The lowest BCUT2D eigenvalue weighted by atomic mass is 9.96. The number of hydrogen-bond donors (Lipinski definition) is 1. The van der Waals surface area contributed by atoms with Gasteiger partial charge in [0.05, 0.1) is 17.0 Å². The summed E-state index contributed by atoms with van der Waals surface area (Å²) < 4.78 is 0. The van der Waals surface area contributed by atoms with Crippen molar-refractivity contribution in [2.75, 3.05) is 13.1 Å². The second-order valence-electron chi connectivity index (χ2n) is 7.64. The number of hydrazine groups is 1. The summed E-state index contributed by atoms with van der Waals surface area (Å²) in [5, 5.41) is 3.66. The van der Waals surface area contributed by atoms with Crippen LogP contribution in [0.1, 0.15) is 35.3 Å². The predicted molar refractivity (Wildman–Crippen MR) is 128 cm³/mol. The quantitative estimate of drug-likeness (QED) is 0.451. The summed E-state index contributed by atoms with van der Waals surface area (Å²) in [4.78, 5) is 17.9. The first-order chi connectivity index (χ1) is 14.9. The summed E-state index contributed by atoms with van der Waals surface area (Å²) in [6.07, 6.45) is 3.36. The van der Waals surface area contributed by atoms with Gasteiger partial charge in [-0.25, -0.2) is 5.01 Å². The van der Waals surface area contributed by atoms with E-state index in [1.165, 1.54) is 6.42 Å². The molecule has 1 amide bonds. The molecule has 7 heteroatoms. The highest BCUT2D eigenvalue weighted by molar-refractivity contribution is 6.36. The highest BCUT2D eigenvalue weighted by Gasteiger charge is 2.21. The number of rotatable bonds is 4. The van der Waals surface area contributed by atoms with Gasteiger partial charge in [-0.05, 0) is 50.1 Å². The van der Waals surface area contributed by atoms with Gasteiger partial charge in [0.25, 0.3) is 5.91 Å². The Morgan fingerprint density at radius 1 is 0.903 bits per heavy atom. The van der Waals surface area contributed by atoms with E-state index >= 15 is 0 Å². The van der Waals surface area contributed by atoms with Crippen LogP contribution >= 0.6 is 34.8 Å². The highest BCUT2D eigenvalue weighted by atomic mass is 35.5. The van der Waals surface area contributed by atoms with Crippen molar-refractivity contribution in [3.05, 3.63) is 74.9 Å². The molecule has 1 saturated heterocycles. The highest BCUT2D eigenvalue weighted by Crippen LogP contribution is 2.37. The fraction of sp³-hybridized carbons (Fsp3) is 0.250. The minimum Gasteiger partial charge on any atom is -0.285 e. The molecule has 1 aliphatic rings. The Balaban J connectivity index is 1.81. The number of pyridine rings is 1. The molecule has 0 unspecified atom stereocenters. The van der Waals surface area contributed by atoms with Crippen molar-refractivity contribution in [1.82, 2.24) is 15.4 Å². The maximum absolute atomic E-state index is 13.1. The third-order valence-electron chi connectivity index (χ3n) is 5.41. The molecule has 0 atom stereocenters. The zero-order valence-electron chi connectivity index (χ0n) is 17.1. The van der Waals surface area contributed by atoms with Crippen LogP contribution in [0.15, 0.2) is 48.5 Å². The van der Waals surface area contributed by atoms with E-state index < -0.39 is 0 Å². The van der Waals surface area contributed by atoms with Gasteiger partial charge in [0.1, 0.15) is 0 Å². The van der Waals surface area contributed by atoms with Gasteiger partial charge in [0, 0.05) is 44.8 Å². The molecule has 0 saturated carbocycles. The SMILES string of the molecule is Cc1nc(-c2ccc(Cl)cc2)c(-c2ccc(Cl)cc2Cl)cc1C(=O)NN1CCCCC1. The molecule has 0 spiro atoms. The third-order valence-corrected chi connectivity index (χ3v) is 6.21. The second-order valence-corrected chi connectivity index (χ2v) is 8.92. The smallest absolute Gasteiger partial charge is 0.267 e. The minimum absolute atomic E-state index is 0.166. The fourth-order valence-electron chi connectivity index (χ4n) is 3.79. The molecular formula is C24H22Cl3N3O. The van der Waals surface area contributed by atoms with Gasteiger partial charge in [-0.3, -0.25) is 15.2 Å². The lowest BCUT2D eigenvalue weighted by molar-refractivity contribution is 0.0749. The summed E-state index contributed by atoms with van der Waals surface area (Å²) >= 11 is 18.7. The zero-order chi connectivity index (χ0) is 22.0. The maximum atomic E-state index is 13.1. The first kappa shape index (κ1) is 22.1. The maximum Gasteiger partial charge on any atom is 0.267 e. The van der Waals surface area contributed by atoms with Crippen LogP contribution in [0.4, 0.5) is 0 Å². The molecule has 3 aromatic rings. The minimum atomic E-state index is -0.166. The van der Waals surface area contributed by atoms with Gasteiger partial charge in [0.2, 0.25) is 0 Å². The van der Waals surface area contributed by atoms with Gasteiger partial charge in [-0.15, -0.1) is 0 Å². The van der Waals surface area contributed by atoms with E-state index in [4.69, 9.17) is 39.8 Å². The first-order valence-electron chi connectivity index (χ1n) is 10.2. The van der Waals surface area contributed by atoms with Crippen LogP contribution in [0, 0.1) is 6.92 Å². The Bertz CT molecular complexity index is 1110. The standard InChI is InChI=1S/C24H22Cl3N3O/c1-15-20(24(31)29-30-11-3-2-4-12-30)14-21(19-10-9-18(26)13-22(19)27)23(28-15)16-5-7-17(25)8-6-16/h5-10,13-14H,2-4,11-12H2,1H3,(H,29,31). The van der Waals surface area contributed by atoms with Gasteiger partial charge < -0.3 is 0 Å². The van der Waals surface area contributed by atoms with Crippen LogP contribution in [0.5, 0.6) is 0 Å². The number of benzene rings is 2. The Labute approximate surface area is 197 Å². The average Bonchev–Trinajstić information content (AvgIpc) is 2.75. The van der Waals surface area contributed by atoms with E-state index in [-0.39, 0.29) is 5.91 Å². The summed E-state index contributed by atoms with van der Waals surface area (Å²) in [5.41, 5.74) is 7.33. The molecule has 2 heterocycles. The molecule has 0 bridgehead atoms. The Morgan fingerprint density at radius 2 is 1.58 bits per heavy atom. The largest absolute Gasteiger partial charge is 0.285 e. The number of nitrogens with zero attached hydrogens (tertiary/aromatic N) is 2. The van der Waals surface area contributed by atoms with Crippen LogP contribution in [0.25, 0.3) is 22.4 Å². The van der Waals surface area contributed by atoms with Crippen LogP contribution < -0.4 is 5.43 Å². The van der Waals surface area contributed by atoms with Crippen LogP contribution in [0.2, 0.25) is 15.1 Å². The molecule has 4 rings (SSSR count). The van der Waals surface area contributed by atoms with Crippen LogP contribution in [0.3, 0.4) is 0 Å². The number of nitrogens with one attached hydrogen (secondary N) is 1. The van der Waals surface area contributed by atoms with Crippen molar-refractivity contribution < 1.29 is 4.79 Å². The van der Waals surface area contributed by atoms with Crippen molar-refractivity contribution in [1.29, 1.82) is 0 Å². The van der Waals surface area contributed by atoms with Gasteiger partial charge in [-0.1, -0.05) is 59.4 Å². The average molecular weight is 475 g/mol. The van der Waals surface area contributed by atoms with Crippen molar-refractivity contribution in [2.24, 2.45) is 0 Å². The Morgan fingerprint density at radius 3 is 2.26 bits per heavy atom. The van der Waals surface area contributed by atoms with Gasteiger partial charge in [-0.2, -0.15) is 0 Å². The summed E-state index contributed by atoms with van der Waals surface area (Å²) in [6.45, 7) is 3.56. The molecule has 1 fully saturated rings. The number of carbonyl (C=O) groups excluding carboxylic acids is 1. The fourth-order valence-corrected chi connectivity index (χ4v) is 4.42. The number of halogens is 3. The summed E-state index contributed by atoms with van der Waals surface area (Å²) in [5.74, 6) is -0.166. The number of carbonyl (C=O) groups is 1. The van der Waals surface area contributed by atoms with Crippen molar-refractivity contribution in [3.8, 4) is 22.4 Å². The van der Waals surface area contributed by atoms with E-state index in [2.05, 4.69) is 5.43 Å². The molecule has 1 aromatic heterocycles. The molecular weight excluding hydrogens is 453 g/mol. The van der Waals surface area contributed by atoms with E-state index in [9.17, 15) is 4.79 Å². The van der Waals surface area contributed by atoms with E-state index in [1.54, 1.807) is 12.1 Å². The Kier molecular flexibility index (Phi) is 6.83. The number of amides is 1. The number of aromatic nitrogens is 1. The van der Waals surface area contributed by atoms with Crippen molar-refractivity contribution >= 4 is 40.7 Å². The van der Waals surface area contributed by atoms with Crippen LogP contribution in [-0.2, 0) is 0 Å². The molecule has 1 N–H and O–H groups in total. The zero-order valence-corrected chi connectivity index (χ0v) is 19.4. The second kappa shape index (κ2) is 9.58. The van der Waals surface area contributed by atoms with E-state index in [0.717, 1.165) is 48.3 Å². The molecule has 2 aromatic carbocycles. The number of piperidine rings is 1. The van der Waals surface area contributed by atoms with Gasteiger partial charge in [0.15, 0.2) is 0 Å².